The Labute approximate surface area is 230 Å². The fourth-order valence-corrected chi connectivity index (χ4v) is 7.09. The molecule has 38 heavy (non-hydrogen) atoms. The molecule has 1 spiro atoms. The summed E-state index contributed by atoms with van der Waals surface area (Å²) in [6.07, 6.45) is 0.951. The number of nitrogens with one attached hydrogen (secondary N) is 2. The van der Waals surface area contributed by atoms with Crippen molar-refractivity contribution in [3.05, 3.63) is 60.2 Å². The Morgan fingerprint density at radius 2 is 1.87 bits per heavy atom. The lowest BCUT2D eigenvalue weighted by molar-refractivity contribution is -0.140. The van der Waals surface area contributed by atoms with E-state index < -0.39 is 29.6 Å². The van der Waals surface area contributed by atoms with Crippen LogP contribution in [0.2, 0.25) is 0 Å². The third-order valence-corrected chi connectivity index (χ3v) is 8.66. The highest BCUT2D eigenvalue weighted by molar-refractivity contribution is 9.09. The van der Waals surface area contributed by atoms with Crippen LogP contribution in [-0.4, -0.2) is 70.6 Å². The highest BCUT2D eigenvalue weighted by Crippen LogP contribution is 2.60. The van der Waals surface area contributed by atoms with Crippen LogP contribution in [0.15, 0.2) is 54.6 Å². The van der Waals surface area contributed by atoms with Crippen molar-refractivity contribution in [3.63, 3.8) is 0 Å². The van der Waals surface area contributed by atoms with E-state index >= 15 is 0 Å². The maximum atomic E-state index is 13.9. The van der Waals surface area contributed by atoms with Gasteiger partial charge in [-0.05, 0) is 49.1 Å². The van der Waals surface area contributed by atoms with E-state index in [0.717, 1.165) is 5.56 Å². The molecule has 3 aliphatic rings. The number of ether oxygens (including phenoxy) is 2. The summed E-state index contributed by atoms with van der Waals surface area (Å²) in [5.74, 6) is -1.69. The largest absolute Gasteiger partial charge is 0.497 e. The van der Waals surface area contributed by atoms with E-state index in [-0.39, 0.29) is 35.7 Å². The first-order chi connectivity index (χ1) is 18.4. The Hall–Kier alpha value is -2.95. The van der Waals surface area contributed by atoms with Crippen molar-refractivity contribution >= 4 is 39.3 Å². The molecule has 3 aliphatic heterocycles. The molecule has 0 aliphatic carbocycles. The quantitative estimate of drug-likeness (QED) is 0.291. The zero-order valence-electron chi connectivity index (χ0n) is 21.1. The Morgan fingerprint density at radius 1 is 1.13 bits per heavy atom. The van der Waals surface area contributed by atoms with Crippen LogP contribution < -0.4 is 15.4 Å². The Kier molecular flexibility index (Phi) is 7.74. The number of halogens is 1. The number of nitrogens with zero attached hydrogens (tertiary/aromatic N) is 1. The van der Waals surface area contributed by atoms with Gasteiger partial charge in [-0.25, -0.2) is 0 Å². The maximum absolute atomic E-state index is 13.9. The van der Waals surface area contributed by atoms with Gasteiger partial charge in [0.15, 0.2) is 0 Å². The van der Waals surface area contributed by atoms with E-state index in [1.165, 1.54) is 0 Å². The summed E-state index contributed by atoms with van der Waals surface area (Å²) in [7, 11) is 1.57. The molecule has 2 bridgehead atoms. The normalized spacial score (nSPS) is 29.3. The number of benzene rings is 2. The summed E-state index contributed by atoms with van der Waals surface area (Å²) in [6.45, 7) is 0.620. The number of carbonyl (C=O) groups excluding carboxylic acids is 3. The Morgan fingerprint density at radius 3 is 2.55 bits per heavy atom. The average molecular weight is 586 g/mol. The van der Waals surface area contributed by atoms with Gasteiger partial charge in [-0.1, -0.05) is 46.3 Å². The smallest absolute Gasteiger partial charge is 0.250 e. The van der Waals surface area contributed by atoms with Crippen LogP contribution in [0.4, 0.5) is 5.69 Å². The molecule has 3 amide bonds. The number of aliphatic hydroxyl groups is 1. The van der Waals surface area contributed by atoms with Crippen LogP contribution >= 0.6 is 15.9 Å². The van der Waals surface area contributed by atoms with Gasteiger partial charge in [-0.15, -0.1) is 0 Å². The molecular weight excluding hydrogens is 554 g/mol. The number of likely N-dealkylation sites (tertiary alicyclic amines) is 1. The zero-order chi connectivity index (χ0) is 26.9. The molecule has 3 fully saturated rings. The van der Waals surface area contributed by atoms with Crippen LogP contribution in [0.5, 0.6) is 5.75 Å². The van der Waals surface area contributed by atoms with Gasteiger partial charge in [0.05, 0.1) is 25.0 Å². The van der Waals surface area contributed by atoms with E-state index in [0.29, 0.717) is 37.2 Å². The molecule has 3 N–H and O–H groups in total. The molecule has 3 unspecified atom stereocenters. The fraction of sp³-hybridized carbons (Fsp3) is 0.464. The number of aliphatic hydroxyl groups excluding tert-OH is 1. The number of anilines is 1. The Balaban J connectivity index is 1.42. The lowest BCUT2D eigenvalue weighted by Gasteiger charge is -2.34. The second-order valence-electron chi connectivity index (χ2n) is 10.0. The van der Waals surface area contributed by atoms with Crippen molar-refractivity contribution in [1.29, 1.82) is 0 Å². The monoisotopic (exact) mass is 585 g/mol. The number of unbranched alkanes of at least 4 members (excludes halogenated alkanes) is 1. The van der Waals surface area contributed by atoms with Crippen LogP contribution in [0.3, 0.4) is 0 Å². The van der Waals surface area contributed by atoms with Crippen molar-refractivity contribution in [2.75, 3.05) is 25.6 Å². The van der Waals surface area contributed by atoms with Gasteiger partial charge >= 0.3 is 0 Å². The summed E-state index contributed by atoms with van der Waals surface area (Å²) in [6, 6.07) is 15.6. The predicted octanol–water partition coefficient (Wildman–Crippen LogP) is 2.47. The molecule has 0 saturated carbocycles. The predicted molar refractivity (Wildman–Crippen MR) is 144 cm³/mol. The number of rotatable bonds is 10. The second kappa shape index (κ2) is 11.0. The summed E-state index contributed by atoms with van der Waals surface area (Å²) < 4.78 is 11.7. The third-order valence-electron chi connectivity index (χ3n) is 7.81. The summed E-state index contributed by atoms with van der Waals surface area (Å²) in [5.41, 5.74) is 0.397. The zero-order valence-corrected chi connectivity index (χ0v) is 22.7. The summed E-state index contributed by atoms with van der Waals surface area (Å²) in [5, 5.41) is 15.2. The molecule has 2 aromatic rings. The van der Waals surface area contributed by atoms with Crippen LogP contribution in [0.1, 0.15) is 24.8 Å². The van der Waals surface area contributed by atoms with Gasteiger partial charge in [-0.3, -0.25) is 14.4 Å². The first-order valence-corrected chi connectivity index (χ1v) is 13.8. The van der Waals surface area contributed by atoms with E-state index in [1.807, 2.05) is 30.3 Å². The van der Waals surface area contributed by atoms with Crippen molar-refractivity contribution in [1.82, 2.24) is 10.2 Å². The van der Waals surface area contributed by atoms with Gasteiger partial charge < -0.3 is 30.1 Å². The Bertz CT molecular complexity index is 1180. The van der Waals surface area contributed by atoms with Gasteiger partial charge in [0.25, 0.3) is 0 Å². The molecule has 0 aromatic heterocycles. The van der Waals surface area contributed by atoms with E-state index in [9.17, 15) is 19.5 Å². The van der Waals surface area contributed by atoms with Crippen molar-refractivity contribution < 1.29 is 29.0 Å². The minimum Gasteiger partial charge on any atom is -0.497 e. The van der Waals surface area contributed by atoms with E-state index in [4.69, 9.17) is 9.47 Å². The number of fused-ring (bicyclic) bond motifs is 1. The number of amides is 3. The number of carbonyl (C=O) groups is 3. The molecule has 202 valence electrons. The van der Waals surface area contributed by atoms with Gasteiger partial charge in [-0.2, -0.15) is 0 Å². The molecule has 6 atom stereocenters. The first-order valence-electron chi connectivity index (χ1n) is 12.9. The summed E-state index contributed by atoms with van der Waals surface area (Å²) >= 11 is 3.68. The molecular formula is C28H32BrN3O6. The minimum atomic E-state index is -1.12. The molecule has 0 radical (unpaired) electrons. The minimum absolute atomic E-state index is 0.00806. The highest BCUT2D eigenvalue weighted by Gasteiger charge is 2.76. The third kappa shape index (κ3) is 4.69. The van der Waals surface area contributed by atoms with Crippen LogP contribution in [0.25, 0.3) is 0 Å². The molecule has 3 heterocycles. The molecule has 5 rings (SSSR count). The number of methoxy groups -OCH3 is 1. The standard InChI is InChI=1S/C28H32BrN3O6/c1-37-19-11-9-18(10-12-19)31-26(35)24-28-15-20(29)23(38-28)21(22(28)27(36)32(24)13-5-6-14-33)25(34)30-16-17-7-3-2-4-8-17/h2-4,7-12,20-24,33H,5-6,13-16H2,1H3,(H,30,34)(H,31,35)/t20?,21-,22-,23-,24?,28?/m0/s1. The topological polar surface area (TPSA) is 117 Å². The number of hydrogen-bond donors (Lipinski definition) is 3. The number of hydrogen-bond acceptors (Lipinski definition) is 6. The second-order valence-corrected chi connectivity index (χ2v) is 11.2. The van der Waals surface area contributed by atoms with Crippen molar-refractivity contribution in [2.24, 2.45) is 11.8 Å². The maximum Gasteiger partial charge on any atom is 0.250 e. The van der Waals surface area contributed by atoms with Gasteiger partial charge in [0.1, 0.15) is 17.4 Å². The number of alkyl halides is 1. The first kappa shape index (κ1) is 26.6. The van der Waals surface area contributed by atoms with Crippen molar-refractivity contribution in [3.8, 4) is 5.75 Å². The fourth-order valence-electron chi connectivity index (χ4n) is 6.15. The molecule has 2 aromatic carbocycles. The van der Waals surface area contributed by atoms with Gasteiger partial charge in [0.2, 0.25) is 17.7 Å². The van der Waals surface area contributed by atoms with Gasteiger partial charge in [0, 0.05) is 30.2 Å². The SMILES string of the molecule is COc1ccc(NC(=O)C2N(CCCCO)C(=O)[C@@H]3[C@H](C(=O)NCc4ccccc4)[C@H]4OC23CC4Br)cc1. The molecule has 10 heteroatoms. The van der Waals surface area contributed by atoms with Crippen molar-refractivity contribution in [2.45, 2.75) is 48.4 Å². The summed E-state index contributed by atoms with van der Waals surface area (Å²) in [4.78, 5) is 42.6. The average Bonchev–Trinajstić information content (AvgIpc) is 3.52. The molecule has 9 nitrogen and oxygen atoms in total. The lowest BCUT2D eigenvalue weighted by atomic mass is 9.70. The van der Waals surface area contributed by atoms with Crippen LogP contribution in [0, 0.1) is 11.8 Å². The van der Waals surface area contributed by atoms with E-state index in [1.54, 1.807) is 36.3 Å². The molecule has 3 saturated heterocycles. The van der Waals surface area contributed by atoms with Crippen LogP contribution in [-0.2, 0) is 25.7 Å². The lowest BCUT2D eigenvalue weighted by Crippen LogP contribution is -2.54. The highest BCUT2D eigenvalue weighted by atomic mass is 79.9. The van der Waals surface area contributed by atoms with E-state index in [2.05, 4.69) is 26.6 Å².